The van der Waals surface area contributed by atoms with E-state index >= 15 is 0 Å². The summed E-state index contributed by atoms with van der Waals surface area (Å²) in [5.41, 5.74) is 0.863. The molecule has 33 heavy (non-hydrogen) atoms. The summed E-state index contributed by atoms with van der Waals surface area (Å²) in [5, 5.41) is 3.00. The summed E-state index contributed by atoms with van der Waals surface area (Å²) in [6.07, 6.45) is 1.17. The number of hydrogen-bond donors (Lipinski definition) is 1. The fourth-order valence-electron chi connectivity index (χ4n) is 3.88. The van der Waals surface area contributed by atoms with E-state index in [-0.39, 0.29) is 23.4 Å². The van der Waals surface area contributed by atoms with Gasteiger partial charge in [0.2, 0.25) is 15.9 Å². The minimum atomic E-state index is -3.79. The van der Waals surface area contributed by atoms with Crippen molar-refractivity contribution in [3.8, 4) is 11.5 Å². The number of sulfonamides is 1. The lowest BCUT2D eigenvalue weighted by molar-refractivity contribution is -0.126. The van der Waals surface area contributed by atoms with Gasteiger partial charge >= 0.3 is 0 Å². The molecule has 0 unspecified atom stereocenters. The molecule has 2 aromatic carbocycles. The van der Waals surface area contributed by atoms with Crippen LogP contribution in [0.4, 0.5) is 4.39 Å². The number of piperidine rings is 1. The number of rotatable bonds is 9. The topological polar surface area (TPSA) is 84.9 Å². The van der Waals surface area contributed by atoms with E-state index in [1.807, 2.05) is 39.0 Å². The number of amides is 1. The standard InChI is InChI=1S/C24H31FN2O5S/c1-4-31-22-13-8-18(15-23(22)32-5-2)17(3)26-24(28)19-7-6-14-27(16-19)33(29,30)21-11-9-20(25)10-12-21/h8-13,15,17,19H,4-7,14,16H2,1-3H3,(H,26,28)/t17-,19-/m1/s1. The molecule has 2 aromatic rings. The molecule has 1 aliphatic heterocycles. The molecule has 1 aliphatic rings. The Labute approximate surface area is 194 Å². The molecule has 1 amide bonds. The van der Waals surface area contributed by atoms with Gasteiger partial charge < -0.3 is 14.8 Å². The van der Waals surface area contributed by atoms with E-state index in [2.05, 4.69) is 5.32 Å². The van der Waals surface area contributed by atoms with E-state index in [0.717, 1.165) is 17.7 Å². The van der Waals surface area contributed by atoms with Gasteiger partial charge in [0.05, 0.1) is 30.1 Å². The Morgan fingerprint density at radius 2 is 1.79 bits per heavy atom. The van der Waals surface area contributed by atoms with Crippen LogP contribution in [0.3, 0.4) is 0 Å². The van der Waals surface area contributed by atoms with Gasteiger partial charge in [0.1, 0.15) is 5.82 Å². The first kappa shape index (κ1) is 25.0. The average Bonchev–Trinajstić information content (AvgIpc) is 2.81. The van der Waals surface area contributed by atoms with Crippen molar-refractivity contribution in [1.82, 2.24) is 9.62 Å². The van der Waals surface area contributed by atoms with E-state index < -0.39 is 21.8 Å². The van der Waals surface area contributed by atoms with Gasteiger partial charge in [-0.15, -0.1) is 0 Å². The lowest BCUT2D eigenvalue weighted by Gasteiger charge is -2.32. The summed E-state index contributed by atoms with van der Waals surface area (Å²) in [4.78, 5) is 13.0. The van der Waals surface area contributed by atoms with Gasteiger partial charge in [-0.05, 0) is 75.6 Å². The SMILES string of the molecule is CCOc1ccc([C@@H](C)NC(=O)[C@@H]2CCCN(S(=O)(=O)c3ccc(F)cc3)C2)cc1OCC. The third-order valence-corrected chi connectivity index (χ3v) is 7.51. The lowest BCUT2D eigenvalue weighted by atomic mass is 9.98. The monoisotopic (exact) mass is 478 g/mol. The fourth-order valence-corrected chi connectivity index (χ4v) is 5.41. The number of hydrogen-bond acceptors (Lipinski definition) is 5. The molecule has 0 spiro atoms. The van der Waals surface area contributed by atoms with Crippen LogP contribution in [0.5, 0.6) is 11.5 Å². The maximum atomic E-state index is 13.2. The largest absolute Gasteiger partial charge is 0.490 e. The molecule has 0 bridgehead atoms. The number of halogens is 1. The van der Waals surface area contributed by atoms with Crippen LogP contribution in [-0.4, -0.2) is 44.9 Å². The highest BCUT2D eigenvalue weighted by Crippen LogP contribution is 2.31. The number of carbonyl (C=O) groups is 1. The van der Waals surface area contributed by atoms with Crippen molar-refractivity contribution in [2.24, 2.45) is 5.92 Å². The molecule has 180 valence electrons. The molecule has 1 N–H and O–H groups in total. The zero-order valence-corrected chi connectivity index (χ0v) is 20.0. The van der Waals surface area contributed by atoms with Gasteiger partial charge in [-0.2, -0.15) is 4.31 Å². The predicted octanol–water partition coefficient (Wildman–Crippen LogP) is 3.90. The Morgan fingerprint density at radius 3 is 2.45 bits per heavy atom. The molecule has 0 aromatic heterocycles. The second-order valence-corrected chi connectivity index (χ2v) is 9.90. The second-order valence-electron chi connectivity index (χ2n) is 7.96. The summed E-state index contributed by atoms with van der Waals surface area (Å²) < 4.78 is 51.6. The Balaban J connectivity index is 1.68. The Hall–Kier alpha value is -2.65. The minimum Gasteiger partial charge on any atom is -0.490 e. The molecule has 3 rings (SSSR count). The average molecular weight is 479 g/mol. The van der Waals surface area contributed by atoms with Crippen molar-refractivity contribution >= 4 is 15.9 Å². The Morgan fingerprint density at radius 1 is 1.12 bits per heavy atom. The molecule has 1 heterocycles. The van der Waals surface area contributed by atoms with Gasteiger partial charge in [-0.25, -0.2) is 12.8 Å². The number of nitrogens with zero attached hydrogens (tertiary/aromatic N) is 1. The maximum absolute atomic E-state index is 13.2. The number of carbonyl (C=O) groups excluding carboxylic acids is 1. The van der Waals surface area contributed by atoms with Gasteiger partial charge in [0, 0.05) is 13.1 Å². The highest BCUT2D eigenvalue weighted by molar-refractivity contribution is 7.89. The van der Waals surface area contributed by atoms with Crippen LogP contribution in [0.1, 0.15) is 45.2 Å². The van der Waals surface area contributed by atoms with Crippen LogP contribution >= 0.6 is 0 Å². The number of ether oxygens (including phenoxy) is 2. The maximum Gasteiger partial charge on any atom is 0.243 e. The molecule has 0 radical (unpaired) electrons. The molecule has 1 fully saturated rings. The van der Waals surface area contributed by atoms with Crippen molar-refractivity contribution < 1.29 is 27.1 Å². The van der Waals surface area contributed by atoms with Crippen molar-refractivity contribution in [2.45, 2.75) is 44.6 Å². The van der Waals surface area contributed by atoms with E-state index in [1.165, 1.54) is 16.4 Å². The third-order valence-electron chi connectivity index (χ3n) is 5.63. The highest BCUT2D eigenvalue weighted by Gasteiger charge is 2.33. The smallest absolute Gasteiger partial charge is 0.243 e. The summed E-state index contributed by atoms with van der Waals surface area (Å²) in [7, 11) is -3.79. The molecule has 7 nitrogen and oxygen atoms in total. The zero-order valence-electron chi connectivity index (χ0n) is 19.2. The van der Waals surface area contributed by atoms with E-state index in [1.54, 1.807) is 0 Å². The first-order valence-corrected chi connectivity index (χ1v) is 12.7. The second kappa shape index (κ2) is 11.0. The van der Waals surface area contributed by atoms with Crippen LogP contribution in [0.25, 0.3) is 0 Å². The fraction of sp³-hybridized carbons (Fsp3) is 0.458. The van der Waals surface area contributed by atoms with Gasteiger partial charge in [-0.3, -0.25) is 4.79 Å². The summed E-state index contributed by atoms with van der Waals surface area (Å²) in [6, 6.07) is 10.00. The molecular weight excluding hydrogens is 447 g/mol. The number of benzene rings is 2. The van der Waals surface area contributed by atoms with Crippen molar-refractivity contribution in [2.75, 3.05) is 26.3 Å². The summed E-state index contributed by atoms with van der Waals surface area (Å²) >= 11 is 0. The zero-order chi connectivity index (χ0) is 24.0. The van der Waals surface area contributed by atoms with Crippen molar-refractivity contribution in [3.05, 3.63) is 53.8 Å². The molecule has 0 saturated carbocycles. The van der Waals surface area contributed by atoms with Crippen LogP contribution < -0.4 is 14.8 Å². The first-order valence-electron chi connectivity index (χ1n) is 11.2. The third kappa shape index (κ3) is 6.03. The van der Waals surface area contributed by atoms with Crippen LogP contribution in [-0.2, 0) is 14.8 Å². The van der Waals surface area contributed by atoms with Crippen LogP contribution in [0, 0.1) is 11.7 Å². The van der Waals surface area contributed by atoms with Crippen molar-refractivity contribution in [3.63, 3.8) is 0 Å². The lowest BCUT2D eigenvalue weighted by Crippen LogP contribution is -2.45. The van der Waals surface area contributed by atoms with Gasteiger partial charge in [0.15, 0.2) is 11.5 Å². The molecular formula is C24H31FN2O5S. The Kier molecular flexibility index (Phi) is 8.31. The first-order chi connectivity index (χ1) is 15.8. The van der Waals surface area contributed by atoms with E-state index in [9.17, 15) is 17.6 Å². The molecule has 1 saturated heterocycles. The van der Waals surface area contributed by atoms with E-state index in [4.69, 9.17) is 9.47 Å². The van der Waals surface area contributed by atoms with Gasteiger partial charge in [-0.1, -0.05) is 6.07 Å². The van der Waals surface area contributed by atoms with Gasteiger partial charge in [0.25, 0.3) is 0 Å². The molecule has 2 atom stereocenters. The molecule has 9 heteroatoms. The summed E-state index contributed by atoms with van der Waals surface area (Å²) in [6.45, 7) is 7.09. The van der Waals surface area contributed by atoms with Crippen molar-refractivity contribution in [1.29, 1.82) is 0 Å². The number of nitrogens with one attached hydrogen (secondary N) is 1. The predicted molar refractivity (Wildman–Crippen MR) is 123 cm³/mol. The normalized spacial score (nSPS) is 17.9. The summed E-state index contributed by atoms with van der Waals surface area (Å²) in [5.74, 6) is 0.0992. The highest BCUT2D eigenvalue weighted by atomic mass is 32.2. The molecule has 0 aliphatic carbocycles. The minimum absolute atomic E-state index is 0.0242. The van der Waals surface area contributed by atoms with E-state index in [0.29, 0.717) is 44.1 Å². The van der Waals surface area contributed by atoms with Crippen LogP contribution in [0.2, 0.25) is 0 Å². The quantitative estimate of drug-likeness (QED) is 0.591. The Bertz CT molecular complexity index is 1060. The van der Waals surface area contributed by atoms with Crippen LogP contribution in [0.15, 0.2) is 47.4 Å².